The van der Waals surface area contributed by atoms with Crippen molar-refractivity contribution in [1.82, 2.24) is 10.3 Å². The minimum atomic E-state index is -1.30. The molecule has 0 amide bonds. The Bertz CT molecular complexity index is 566. The number of rotatable bonds is 1. The van der Waals surface area contributed by atoms with Crippen LogP contribution in [0, 0.1) is 5.21 Å². The predicted molar refractivity (Wildman–Crippen MR) is 65.1 cm³/mol. The molecule has 8 heteroatoms. The zero-order valence-electron chi connectivity index (χ0n) is 11.0. The zero-order valence-corrected chi connectivity index (χ0v) is 11.0. The van der Waals surface area contributed by atoms with Crippen molar-refractivity contribution < 1.29 is 24.1 Å². The molecule has 1 aromatic rings. The molecule has 0 saturated carbocycles. The van der Waals surface area contributed by atoms with Crippen molar-refractivity contribution in [2.75, 3.05) is 26.3 Å². The van der Waals surface area contributed by atoms with E-state index in [-0.39, 0.29) is 6.17 Å². The second kappa shape index (κ2) is 4.24. The van der Waals surface area contributed by atoms with Crippen LogP contribution in [-0.4, -0.2) is 58.3 Å². The van der Waals surface area contributed by atoms with Gasteiger partial charge in [-0.2, -0.15) is 4.74 Å². The summed E-state index contributed by atoms with van der Waals surface area (Å²) in [4.78, 5) is 1.17. The van der Waals surface area contributed by atoms with Gasteiger partial charge in [-0.05, 0) is 0 Å². The first-order chi connectivity index (χ1) is 9.70. The standard InChI is InChI=1S/C12H16N4O4/c17-12-7-10(15-3-5-19-6-4-15)16(18)9(12)2-1-8-11(12)14-20-13-8/h10,17H,1-7H2/p+1/t10-,12+/m0/s1. The van der Waals surface area contributed by atoms with E-state index >= 15 is 0 Å². The van der Waals surface area contributed by atoms with Crippen molar-refractivity contribution in [3.63, 3.8) is 0 Å². The fraction of sp³-hybridized carbons (Fsp3) is 0.750. The summed E-state index contributed by atoms with van der Waals surface area (Å²) in [5.74, 6) is 0. The maximum atomic E-state index is 12.6. The Morgan fingerprint density at radius 1 is 1.30 bits per heavy atom. The van der Waals surface area contributed by atoms with E-state index in [0.29, 0.717) is 49.6 Å². The van der Waals surface area contributed by atoms with Crippen molar-refractivity contribution in [3.8, 4) is 0 Å². The number of ether oxygens (including phenoxy) is 1. The van der Waals surface area contributed by atoms with Crippen molar-refractivity contribution in [2.24, 2.45) is 0 Å². The highest BCUT2D eigenvalue weighted by Crippen LogP contribution is 2.38. The summed E-state index contributed by atoms with van der Waals surface area (Å²) in [5, 5.41) is 31.1. The molecule has 8 nitrogen and oxygen atoms in total. The van der Waals surface area contributed by atoms with Gasteiger partial charge < -0.3 is 15.1 Å². The van der Waals surface area contributed by atoms with E-state index < -0.39 is 5.60 Å². The predicted octanol–water partition coefficient (Wildman–Crippen LogP) is -2.20. The topological polar surface area (TPSA) is 98.9 Å². The quantitative estimate of drug-likeness (QED) is 0.448. The molecule has 0 bridgehead atoms. The summed E-state index contributed by atoms with van der Waals surface area (Å²) in [5.41, 5.74) is 0.299. The fourth-order valence-corrected chi connectivity index (χ4v) is 3.60. The van der Waals surface area contributed by atoms with Crippen LogP contribution in [0.15, 0.2) is 4.63 Å². The highest BCUT2D eigenvalue weighted by Gasteiger charge is 2.59. The molecule has 1 saturated heterocycles. The van der Waals surface area contributed by atoms with Crippen molar-refractivity contribution in [2.45, 2.75) is 31.0 Å². The van der Waals surface area contributed by atoms with Gasteiger partial charge in [0.2, 0.25) is 11.3 Å². The molecular weight excluding hydrogens is 264 g/mol. The van der Waals surface area contributed by atoms with Crippen LogP contribution in [0.25, 0.3) is 0 Å². The summed E-state index contributed by atoms with van der Waals surface area (Å²) in [6.07, 6.45) is 1.19. The van der Waals surface area contributed by atoms with E-state index in [1.807, 2.05) is 0 Å². The Hall–Kier alpha value is -1.51. The third-order valence-corrected chi connectivity index (χ3v) is 4.67. The summed E-state index contributed by atoms with van der Waals surface area (Å²) in [6.45, 7) is 2.89. The number of morpholine rings is 1. The molecule has 2 atom stereocenters. The molecule has 20 heavy (non-hydrogen) atoms. The van der Waals surface area contributed by atoms with E-state index in [1.165, 1.54) is 4.90 Å². The van der Waals surface area contributed by atoms with Gasteiger partial charge in [-0.15, -0.1) is 0 Å². The first-order valence-electron chi connectivity index (χ1n) is 6.99. The average molecular weight is 281 g/mol. The number of nitrogens with zero attached hydrogens (tertiary/aromatic N) is 3. The first-order valence-corrected chi connectivity index (χ1v) is 6.99. The minimum Gasteiger partial charge on any atom is -0.619 e. The smallest absolute Gasteiger partial charge is 0.292 e. The zero-order chi connectivity index (χ0) is 13.7. The van der Waals surface area contributed by atoms with Crippen LogP contribution in [0.5, 0.6) is 0 Å². The van der Waals surface area contributed by atoms with Crippen molar-refractivity contribution in [3.05, 3.63) is 16.6 Å². The van der Waals surface area contributed by atoms with Gasteiger partial charge in [0.05, 0.1) is 13.2 Å². The number of aliphatic hydroxyl groups is 1. The Morgan fingerprint density at radius 3 is 2.90 bits per heavy atom. The van der Waals surface area contributed by atoms with Gasteiger partial charge in [0.25, 0.3) is 6.17 Å². The first kappa shape index (κ1) is 12.2. The molecule has 0 aromatic carbocycles. The Balaban J connectivity index is 1.71. The van der Waals surface area contributed by atoms with E-state index in [1.54, 1.807) is 0 Å². The van der Waals surface area contributed by atoms with Gasteiger partial charge in [0, 0.05) is 12.8 Å². The molecule has 108 valence electrons. The monoisotopic (exact) mass is 281 g/mol. The van der Waals surface area contributed by atoms with E-state index in [9.17, 15) is 10.3 Å². The largest absolute Gasteiger partial charge is 0.619 e. The number of hydroxylamine groups is 1. The van der Waals surface area contributed by atoms with Gasteiger partial charge >= 0.3 is 0 Å². The van der Waals surface area contributed by atoms with Crippen LogP contribution >= 0.6 is 0 Å². The van der Waals surface area contributed by atoms with Crippen LogP contribution in [0.2, 0.25) is 0 Å². The lowest BCUT2D eigenvalue weighted by molar-refractivity contribution is -1.01. The Morgan fingerprint density at radius 2 is 2.10 bits per heavy atom. The maximum absolute atomic E-state index is 12.6. The van der Waals surface area contributed by atoms with Gasteiger partial charge in [0.15, 0.2) is 5.69 Å². The van der Waals surface area contributed by atoms with E-state index in [2.05, 4.69) is 10.3 Å². The lowest BCUT2D eigenvalue weighted by Gasteiger charge is -2.27. The SMILES string of the molecule is [O-][N+]1=C2CCc3nonc3[C@@]2(O)C[C@H]1[NH+]1CCOCC1. The number of nitrogens with one attached hydrogen (secondary N) is 1. The lowest BCUT2D eigenvalue weighted by Crippen LogP contribution is -3.18. The molecule has 1 aliphatic carbocycles. The van der Waals surface area contributed by atoms with Crippen molar-refractivity contribution in [1.29, 1.82) is 0 Å². The summed E-state index contributed by atoms with van der Waals surface area (Å²) in [6, 6.07) is 0. The van der Waals surface area contributed by atoms with Crippen LogP contribution in [0.4, 0.5) is 0 Å². The third kappa shape index (κ3) is 1.55. The highest BCUT2D eigenvalue weighted by atomic mass is 16.6. The number of quaternary nitrogens is 1. The second-order valence-electron chi connectivity index (χ2n) is 5.68. The second-order valence-corrected chi connectivity index (χ2v) is 5.68. The van der Waals surface area contributed by atoms with Crippen LogP contribution in [0.3, 0.4) is 0 Å². The molecule has 0 unspecified atom stereocenters. The molecule has 1 aromatic heterocycles. The maximum Gasteiger partial charge on any atom is 0.292 e. The van der Waals surface area contributed by atoms with Crippen LogP contribution in [0.1, 0.15) is 24.2 Å². The molecule has 4 rings (SSSR count). The molecule has 3 aliphatic rings. The van der Waals surface area contributed by atoms with Gasteiger partial charge in [-0.1, -0.05) is 10.3 Å². The number of hydrogen-bond donors (Lipinski definition) is 2. The molecule has 2 aliphatic heterocycles. The van der Waals surface area contributed by atoms with E-state index in [0.717, 1.165) is 17.8 Å². The Kier molecular flexibility index (Phi) is 2.60. The molecule has 0 radical (unpaired) electrons. The van der Waals surface area contributed by atoms with E-state index in [4.69, 9.17) is 9.37 Å². The van der Waals surface area contributed by atoms with Gasteiger partial charge in [-0.25, -0.2) is 4.63 Å². The number of fused-ring (bicyclic) bond motifs is 3. The summed E-state index contributed by atoms with van der Waals surface area (Å²) < 4.78 is 11.1. The van der Waals surface area contributed by atoms with Crippen LogP contribution < -0.4 is 4.90 Å². The van der Waals surface area contributed by atoms with Gasteiger partial charge in [-0.3, -0.25) is 4.90 Å². The number of aryl methyl sites for hydroxylation is 1. The summed E-state index contributed by atoms with van der Waals surface area (Å²) in [7, 11) is 0. The van der Waals surface area contributed by atoms with Crippen LogP contribution in [-0.2, 0) is 16.8 Å². The lowest BCUT2D eigenvalue weighted by atomic mass is 9.82. The number of hydrogen-bond acceptors (Lipinski definition) is 6. The van der Waals surface area contributed by atoms with Crippen molar-refractivity contribution >= 4 is 5.71 Å². The Labute approximate surface area is 115 Å². The average Bonchev–Trinajstić information content (AvgIpc) is 3.04. The number of aromatic nitrogens is 2. The molecule has 1 fully saturated rings. The molecule has 0 spiro atoms. The minimum absolute atomic E-state index is 0.276. The normalized spacial score (nSPS) is 34.1. The fourth-order valence-electron chi connectivity index (χ4n) is 3.60. The molecular formula is C12H17N4O4+. The highest BCUT2D eigenvalue weighted by molar-refractivity contribution is 5.91. The molecule has 2 N–H and O–H groups in total. The third-order valence-electron chi connectivity index (χ3n) is 4.67. The molecule has 3 heterocycles. The summed E-state index contributed by atoms with van der Waals surface area (Å²) >= 11 is 0. The van der Waals surface area contributed by atoms with Gasteiger partial charge in [0.1, 0.15) is 25.2 Å².